The Morgan fingerprint density at radius 2 is 2.00 bits per heavy atom. The first-order valence-corrected chi connectivity index (χ1v) is 6.50. The van der Waals surface area contributed by atoms with Crippen molar-refractivity contribution in [3.63, 3.8) is 0 Å². The molecule has 1 heterocycles. The van der Waals surface area contributed by atoms with Gasteiger partial charge in [0.25, 0.3) is 0 Å². The number of halogens is 1. The number of rotatable bonds is 2. The summed E-state index contributed by atoms with van der Waals surface area (Å²) in [5.74, 6) is -0.162. The lowest BCUT2D eigenvalue weighted by Crippen LogP contribution is -2.24. The van der Waals surface area contributed by atoms with Gasteiger partial charge in [-0.2, -0.15) is 0 Å². The average molecular weight is 257 g/mol. The summed E-state index contributed by atoms with van der Waals surface area (Å²) in [6.45, 7) is 2.90. The number of hydrogen-bond donors (Lipinski definition) is 1. The molecule has 0 aromatic heterocycles. The van der Waals surface area contributed by atoms with Gasteiger partial charge in [0, 0.05) is 17.8 Å². The third kappa shape index (κ3) is 2.05. The van der Waals surface area contributed by atoms with Crippen LogP contribution >= 0.6 is 0 Å². The van der Waals surface area contributed by atoms with Gasteiger partial charge >= 0.3 is 0 Å². The van der Waals surface area contributed by atoms with Crippen molar-refractivity contribution in [2.45, 2.75) is 19.4 Å². The third-order valence-electron chi connectivity index (χ3n) is 3.83. The molecule has 0 amide bonds. The summed E-state index contributed by atoms with van der Waals surface area (Å²) in [5.41, 5.74) is 3.13. The zero-order valence-corrected chi connectivity index (χ0v) is 10.8. The van der Waals surface area contributed by atoms with Crippen LogP contribution < -0.4 is 4.90 Å². The van der Waals surface area contributed by atoms with E-state index in [9.17, 15) is 9.50 Å². The summed E-state index contributed by atoms with van der Waals surface area (Å²) < 4.78 is 13.4. The van der Waals surface area contributed by atoms with Gasteiger partial charge in [0.15, 0.2) is 0 Å². The number of phenols is 1. The topological polar surface area (TPSA) is 23.5 Å². The summed E-state index contributed by atoms with van der Waals surface area (Å²) in [4.78, 5) is 2.21. The number of fused-ring (bicyclic) bond motifs is 1. The Balaban J connectivity index is 1.97. The summed E-state index contributed by atoms with van der Waals surface area (Å²) in [7, 11) is 0. The van der Waals surface area contributed by atoms with Gasteiger partial charge in [-0.15, -0.1) is 0 Å². The van der Waals surface area contributed by atoms with Gasteiger partial charge in [-0.1, -0.05) is 18.2 Å². The van der Waals surface area contributed by atoms with Crippen molar-refractivity contribution in [3.8, 4) is 5.75 Å². The first kappa shape index (κ1) is 12.0. The summed E-state index contributed by atoms with van der Waals surface area (Å²) in [6.07, 6.45) is 0.997. The Labute approximate surface area is 112 Å². The number of anilines is 1. The largest absolute Gasteiger partial charge is 0.508 e. The molecule has 19 heavy (non-hydrogen) atoms. The van der Waals surface area contributed by atoms with Crippen molar-refractivity contribution in [1.29, 1.82) is 0 Å². The lowest BCUT2D eigenvalue weighted by molar-refractivity contribution is 0.458. The second-order valence-electron chi connectivity index (χ2n) is 4.95. The molecule has 0 saturated carbocycles. The fraction of sp³-hybridized carbons (Fsp3) is 0.250. The van der Waals surface area contributed by atoms with Crippen molar-refractivity contribution in [2.75, 3.05) is 11.4 Å². The Bertz CT molecular complexity index is 611. The predicted molar refractivity (Wildman–Crippen MR) is 74.0 cm³/mol. The van der Waals surface area contributed by atoms with E-state index in [2.05, 4.69) is 17.0 Å². The minimum atomic E-state index is -0.313. The molecule has 0 fully saturated rings. The molecule has 1 unspecified atom stereocenters. The number of aromatic hydroxyl groups is 1. The summed E-state index contributed by atoms with van der Waals surface area (Å²) in [6, 6.07) is 12.3. The lowest BCUT2D eigenvalue weighted by Gasteiger charge is -2.28. The zero-order chi connectivity index (χ0) is 13.4. The van der Waals surface area contributed by atoms with Crippen LogP contribution in [0.4, 0.5) is 10.1 Å². The van der Waals surface area contributed by atoms with Crippen molar-refractivity contribution in [1.82, 2.24) is 0 Å². The van der Waals surface area contributed by atoms with E-state index in [4.69, 9.17) is 0 Å². The van der Waals surface area contributed by atoms with Crippen molar-refractivity contribution < 1.29 is 9.50 Å². The molecule has 1 aliphatic rings. The maximum Gasteiger partial charge on any atom is 0.123 e. The molecule has 2 aromatic carbocycles. The van der Waals surface area contributed by atoms with E-state index < -0.39 is 0 Å². The van der Waals surface area contributed by atoms with Crippen LogP contribution in [-0.2, 0) is 6.42 Å². The Morgan fingerprint density at radius 3 is 2.84 bits per heavy atom. The standard InChI is InChI=1S/C16H16FNO/c1-11(14-10-13(17)6-7-16(14)19)18-9-8-12-4-2-3-5-15(12)18/h2-7,10-11,19H,8-9H2,1H3. The maximum atomic E-state index is 13.4. The summed E-state index contributed by atoms with van der Waals surface area (Å²) in [5, 5.41) is 9.92. The average Bonchev–Trinajstić information content (AvgIpc) is 2.84. The highest BCUT2D eigenvalue weighted by molar-refractivity contribution is 5.60. The number of hydrogen-bond acceptors (Lipinski definition) is 2. The van der Waals surface area contributed by atoms with E-state index in [-0.39, 0.29) is 17.6 Å². The van der Waals surface area contributed by atoms with Crippen LogP contribution in [0.5, 0.6) is 5.75 Å². The molecule has 0 spiro atoms. The van der Waals surface area contributed by atoms with Crippen LogP contribution in [0, 0.1) is 5.82 Å². The van der Waals surface area contributed by atoms with Gasteiger partial charge in [-0.3, -0.25) is 0 Å². The highest BCUT2D eigenvalue weighted by atomic mass is 19.1. The minimum absolute atomic E-state index is 0.0423. The Kier molecular flexibility index (Phi) is 2.90. The Hall–Kier alpha value is -2.03. The molecular formula is C16H16FNO. The molecule has 1 atom stereocenters. The van der Waals surface area contributed by atoms with E-state index in [1.165, 1.54) is 29.4 Å². The smallest absolute Gasteiger partial charge is 0.123 e. The van der Waals surface area contributed by atoms with E-state index in [1.54, 1.807) is 0 Å². The van der Waals surface area contributed by atoms with Crippen molar-refractivity contribution in [2.24, 2.45) is 0 Å². The molecule has 2 aromatic rings. The molecule has 98 valence electrons. The molecule has 3 rings (SSSR count). The van der Waals surface area contributed by atoms with Gasteiger partial charge in [0.1, 0.15) is 11.6 Å². The van der Waals surface area contributed by atoms with Crippen LogP contribution in [0.25, 0.3) is 0 Å². The third-order valence-corrected chi connectivity index (χ3v) is 3.83. The van der Waals surface area contributed by atoms with E-state index in [0.29, 0.717) is 5.56 Å². The van der Waals surface area contributed by atoms with Gasteiger partial charge in [0.2, 0.25) is 0 Å². The zero-order valence-electron chi connectivity index (χ0n) is 10.8. The molecule has 0 aliphatic carbocycles. The Morgan fingerprint density at radius 1 is 1.21 bits per heavy atom. The lowest BCUT2D eigenvalue weighted by atomic mass is 10.1. The van der Waals surface area contributed by atoms with Crippen LogP contribution in [0.3, 0.4) is 0 Å². The highest BCUT2D eigenvalue weighted by Gasteiger charge is 2.25. The molecule has 3 heteroatoms. The van der Waals surface area contributed by atoms with Crippen LogP contribution in [-0.4, -0.2) is 11.7 Å². The first-order chi connectivity index (χ1) is 9.16. The number of nitrogens with zero attached hydrogens (tertiary/aromatic N) is 1. The number of para-hydroxylation sites is 1. The van der Waals surface area contributed by atoms with Crippen LogP contribution in [0.2, 0.25) is 0 Å². The molecule has 2 nitrogen and oxygen atoms in total. The second kappa shape index (κ2) is 4.57. The normalized spacial score (nSPS) is 15.4. The van der Waals surface area contributed by atoms with E-state index >= 15 is 0 Å². The van der Waals surface area contributed by atoms with Crippen molar-refractivity contribution in [3.05, 3.63) is 59.4 Å². The quantitative estimate of drug-likeness (QED) is 0.887. The summed E-state index contributed by atoms with van der Waals surface area (Å²) >= 11 is 0. The van der Waals surface area contributed by atoms with Gasteiger partial charge in [-0.25, -0.2) is 4.39 Å². The second-order valence-corrected chi connectivity index (χ2v) is 4.95. The van der Waals surface area contributed by atoms with Crippen LogP contribution in [0.1, 0.15) is 24.1 Å². The SMILES string of the molecule is CC(c1cc(F)ccc1O)N1CCc2ccccc21. The van der Waals surface area contributed by atoms with E-state index in [1.807, 2.05) is 19.1 Å². The minimum Gasteiger partial charge on any atom is -0.508 e. The van der Waals surface area contributed by atoms with Crippen LogP contribution in [0.15, 0.2) is 42.5 Å². The van der Waals surface area contributed by atoms with Gasteiger partial charge in [0.05, 0.1) is 6.04 Å². The molecule has 1 N–H and O–H groups in total. The van der Waals surface area contributed by atoms with E-state index in [0.717, 1.165) is 13.0 Å². The van der Waals surface area contributed by atoms with Gasteiger partial charge in [-0.05, 0) is 43.2 Å². The molecule has 1 aliphatic heterocycles. The fourth-order valence-corrected chi connectivity index (χ4v) is 2.79. The molecule has 0 bridgehead atoms. The maximum absolute atomic E-state index is 13.4. The first-order valence-electron chi connectivity index (χ1n) is 6.50. The molecular weight excluding hydrogens is 241 g/mol. The number of phenolic OH excluding ortho intramolecular Hbond substituents is 1. The monoisotopic (exact) mass is 257 g/mol. The molecule has 0 saturated heterocycles. The van der Waals surface area contributed by atoms with Crippen molar-refractivity contribution >= 4 is 5.69 Å². The van der Waals surface area contributed by atoms with Gasteiger partial charge < -0.3 is 10.0 Å². The highest BCUT2D eigenvalue weighted by Crippen LogP contribution is 2.37. The predicted octanol–water partition coefficient (Wildman–Crippen LogP) is 3.66. The fourth-order valence-electron chi connectivity index (χ4n) is 2.79. The number of benzene rings is 2. The molecule has 0 radical (unpaired) electrons.